The Labute approximate surface area is 230 Å². The number of halogens is 1. The van der Waals surface area contributed by atoms with Crippen molar-refractivity contribution in [2.45, 2.75) is 38.8 Å². The van der Waals surface area contributed by atoms with E-state index in [0.717, 1.165) is 40.3 Å². The number of rotatable bonds is 10. The second-order valence-electron chi connectivity index (χ2n) is 10.7. The number of aryl methyl sites for hydroxylation is 1. The Morgan fingerprint density at radius 3 is 2.85 bits per heavy atom. The van der Waals surface area contributed by atoms with E-state index in [0.29, 0.717) is 62.0 Å². The van der Waals surface area contributed by atoms with Crippen LogP contribution in [0.3, 0.4) is 0 Å². The number of ether oxygens (including phenoxy) is 1. The quantitative estimate of drug-likeness (QED) is 0.265. The van der Waals surface area contributed by atoms with Crippen molar-refractivity contribution in [3.63, 3.8) is 0 Å². The van der Waals surface area contributed by atoms with E-state index in [1.807, 2.05) is 34.5 Å². The van der Waals surface area contributed by atoms with Gasteiger partial charge in [-0.15, -0.1) is 0 Å². The molecule has 1 amide bonds. The minimum atomic E-state index is -0.431. The summed E-state index contributed by atoms with van der Waals surface area (Å²) in [6.07, 6.45) is 10.6. The smallest absolute Gasteiger partial charge is 0.255 e. The molecule has 0 atom stereocenters. The van der Waals surface area contributed by atoms with Crippen molar-refractivity contribution in [3.8, 4) is 17.4 Å². The van der Waals surface area contributed by atoms with Crippen LogP contribution < -0.4 is 4.74 Å². The highest BCUT2D eigenvalue weighted by Gasteiger charge is 2.29. The lowest BCUT2D eigenvalue weighted by atomic mass is 10.0. The summed E-state index contributed by atoms with van der Waals surface area (Å²) in [7, 11) is 1.97. The molecule has 0 aromatic carbocycles. The van der Waals surface area contributed by atoms with Crippen LogP contribution >= 0.6 is 0 Å². The first-order chi connectivity index (χ1) is 19.6. The molecule has 0 bridgehead atoms. The van der Waals surface area contributed by atoms with Crippen molar-refractivity contribution in [3.05, 3.63) is 54.4 Å². The Bertz CT molecular complexity index is 1700. The van der Waals surface area contributed by atoms with Gasteiger partial charge in [-0.25, -0.2) is 19.9 Å². The number of fused-ring (bicyclic) bond motifs is 3. The van der Waals surface area contributed by atoms with Crippen molar-refractivity contribution in [1.82, 2.24) is 38.5 Å². The van der Waals surface area contributed by atoms with Gasteiger partial charge in [0.05, 0.1) is 36.5 Å². The molecule has 0 N–H and O–H groups in total. The molecule has 206 valence electrons. The van der Waals surface area contributed by atoms with Gasteiger partial charge in [0.2, 0.25) is 5.88 Å². The van der Waals surface area contributed by atoms with Gasteiger partial charge >= 0.3 is 0 Å². The lowest BCUT2D eigenvalue weighted by Gasteiger charge is -2.27. The molecule has 0 radical (unpaired) electrons. The Morgan fingerprint density at radius 1 is 1.15 bits per heavy atom. The van der Waals surface area contributed by atoms with E-state index in [-0.39, 0.29) is 5.91 Å². The van der Waals surface area contributed by atoms with Crippen LogP contribution in [0.15, 0.2) is 43.1 Å². The summed E-state index contributed by atoms with van der Waals surface area (Å²) in [5, 5.41) is 1.04. The second-order valence-corrected chi connectivity index (χ2v) is 10.7. The molecule has 6 heterocycles. The third-order valence-electron chi connectivity index (χ3n) is 7.91. The molecule has 11 heteroatoms. The zero-order chi connectivity index (χ0) is 27.2. The highest BCUT2D eigenvalue weighted by Crippen LogP contribution is 2.38. The second kappa shape index (κ2) is 10.0. The number of imidazole rings is 2. The predicted octanol–water partition coefficient (Wildman–Crippen LogP) is 4.03. The van der Waals surface area contributed by atoms with Gasteiger partial charge < -0.3 is 23.3 Å². The topological polar surface area (TPSA) is 95.9 Å². The number of alkyl halides is 1. The zero-order valence-corrected chi connectivity index (χ0v) is 22.5. The predicted molar refractivity (Wildman–Crippen MR) is 148 cm³/mol. The van der Waals surface area contributed by atoms with Crippen LogP contribution in [0, 0.1) is 5.92 Å². The highest BCUT2D eigenvalue weighted by atomic mass is 19.1. The van der Waals surface area contributed by atoms with Crippen LogP contribution in [-0.2, 0) is 26.6 Å². The number of carbonyl (C=O) groups excluding carboxylic acids is 1. The molecule has 0 unspecified atom stereocenters. The molecular formula is C29H31FN8O2. The molecule has 0 saturated heterocycles. The van der Waals surface area contributed by atoms with E-state index in [1.165, 1.54) is 12.8 Å². The van der Waals surface area contributed by atoms with E-state index in [9.17, 15) is 9.18 Å². The number of carbonyl (C=O) groups is 1. The van der Waals surface area contributed by atoms with Gasteiger partial charge in [-0.1, -0.05) is 0 Å². The van der Waals surface area contributed by atoms with Gasteiger partial charge in [0.25, 0.3) is 5.91 Å². The SMILES string of the molecule is Cn1c(-c2cc3ccnc(OCCn4ccnc4)c3n2CC2CC2)nc2cc3c(nc21)CCN(CCCF)C3=O. The summed E-state index contributed by atoms with van der Waals surface area (Å²) >= 11 is 0. The van der Waals surface area contributed by atoms with Crippen LogP contribution in [0.2, 0.25) is 0 Å². The molecule has 7 rings (SSSR count). The molecule has 1 saturated carbocycles. The van der Waals surface area contributed by atoms with Crippen LogP contribution in [0.1, 0.15) is 35.3 Å². The van der Waals surface area contributed by atoms with Crippen LogP contribution in [0.4, 0.5) is 4.39 Å². The molecule has 1 fully saturated rings. The number of amides is 1. The summed E-state index contributed by atoms with van der Waals surface area (Å²) in [5.74, 6) is 1.91. The normalized spacial score (nSPS) is 15.3. The maximum atomic E-state index is 13.1. The summed E-state index contributed by atoms with van der Waals surface area (Å²) in [6, 6.07) is 6.01. The minimum absolute atomic E-state index is 0.0947. The van der Waals surface area contributed by atoms with Gasteiger partial charge in [-0.05, 0) is 43.4 Å². The third-order valence-corrected chi connectivity index (χ3v) is 7.91. The van der Waals surface area contributed by atoms with E-state index in [4.69, 9.17) is 14.7 Å². The largest absolute Gasteiger partial charge is 0.474 e. The van der Waals surface area contributed by atoms with Gasteiger partial charge in [-0.3, -0.25) is 9.18 Å². The summed E-state index contributed by atoms with van der Waals surface area (Å²) in [6.45, 7) is 2.56. The first-order valence-electron chi connectivity index (χ1n) is 13.9. The van der Waals surface area contributed by atoms with E-state index >= 15 is 0 Å². The van der Waals surface area contributed by atoms with E-state index < -0.39 is 6.67 Å². The molecule has 0 spiro atoms. The monoisotopic (exact) mass is 542 g/mol. The number of nitrogens with zero attached hydrogens (tertiary/aromatic N) is 8. The van der Waals surface area contributed by atoms with Crippen molar-refractivity contribution in [2.75, 3.05) is 26.4 Å². The molecule has 1 aliphatic carbocycles. The summed E-state index contributed by atoms with van der Waals surface area (Å²) < 4.78 is 25.2. The van der Waals surface area contributed by atoms with E-state index in [2.05, 4.69) is 20.6 Å². The number of pyridine rings is 2. The average Bonchev–Trinajstić information content (AvgIpc) is 3.34. The lowest BCUT2D eigenvalue weighted by molar-refractivity contribution is 0.0733. The zero-order valence-electron chi connectivity index (χ0n) is 22.5. The summed E-state index contributed by atoms with van der Waals surface area (Å²) in [5.41, 5.74) is 4.71. The Hall–Kier alpha value is -4.28. The summed E-state index contributed by atoms with van der Waals surface area (Å²) in [4.78, 5) is 33.4. The van der Waals surface area contributed by atoms with Crippen molar-refractivity contribution >= 4 is 28.0 Å². The Kier molecular flexibility index (Phi) is 6.21. The molecule has 5 aromatic heterocycles. The minimum Gasteiger partial charge on any atom is -0.474 e. The van der Waals surface area contributed by atoms with E-state index in [1.54, 1.807) is 23.6 Å². The van der Waals surface area contributed by atoms with Gasteiger partial charge in [0.1, 0.15) is 17.6 Å². The third kappa shape index (κ3) is 4.39. The Morgan fingerprint density at radius 2 is 2.05 bits per heavy atom. The number of hydrogen-bond donors (Lipinski definition) is 0. The van der Waals surface area contributed by atoms with Gasteiger partial charge in [0.15, 0.2) is 11.5 Å². The molecule has 10 nitrogen and oxygen atoms in total. The van der Waals surface area contributed by atoms with Crippen molar-refractivity contribution in [1.29, 1.82) is 0 Å². The maximum absolute atomic E-state index is 13.1. The van der Waals surface area contributed by atoms with Crippen LogP contribution in [-0.4, -0.2) is 70.8 Å². The number of aromatic nitrogens is 7. The Balaban J connectivity index is 1.28. The van der Waals surface area contributed by atoms with Crippen LogP contribution in [0.25, 0.3) is 33.6 Å². The highest BCUT2D eigenvalue weighted by molar-refractivity contribution is 5.99. The number of hydrogen-bond acceptors (Lipinski definition) is 6. The maximum Gasteiger partial charge on any atom is 0.255 e. The fraction of sp³-hybridized carbons (Fsp3) is 0.414. The standard InChI is InChI=1S/C29H31FN8O2/c1-35-26-23(16-21-22(33-26)6-11-37(29(21)39)10-2-7-30)34-27(35)24-15-20-5-8-32-28(25(20)38(24)17-19-3-4-19)40-14-13-36-12-9-31-18-36/h5,8-9,12,15-16,18-19H,2-4,6-7,10-11,13-14,17H2,1H3. The molecule has 1 aliphatic heterocycles. The molecule has 2 aliphatic rings. The van der Waals surface area contributed by atoms with Crippen molar-refractivity contribution in [2.24, 2.45) is 13.0 Å². The first-order valence-corrected chi connectivity index (χ1v) is 13.9. The lowest BCUT2D eigenvalue weighted by Crippen LogP contribution is -2.38. The van der Waals surface area contributed by atoms with Gasteiger partial charge in [0, 0.05) is 57.1 Å². The molecule has 5 aromatic rings. The first kappa shape index (κ1) is 24.7. The van der Waals surface area contributed by atoms with Gasteiger partial charge in [-0.2, -0.15) is 0 Å². The molecular weight excluding hydrogens is 511 g/mol. The molecule has 40 heavy (non-hydrogen) atoms. The fourth-order valence-corrected chi connectivity index (χ4v) is 5.62. The average molecular weight is 543 g/mol. The van der Waals surface area contributed by atoms with Crippen molar-refractivity contribution < 1.29 is 13.9 Å². The fourth-order valence-electron chi connectivity index (χ4n) is 5.62. The van der Waals surface area contributed by atoms with Crippen LogP contribution in [0.5, 0.6) is 5.88 Å².